The van der Waals surface area contributed by atoms with Gasteiger partial charge in [0.2, 0.25) is 11.8 Å². The molecule has 3 aliphatic rings. The maximum atomic E-state index is 12.8. The first-order valence-corrected chi connectivity index (χ1v) is 9.78. The maximum absolute atomic E-state index is 12.8. The fraction of sp³-hybridized carbons (Fsp3) is 0.619. The zero-order valence-electron chi connectivity index (χ0n) is 15.0. The molecule has 1 aromatic rings. The monoisotopic (exact) mass is 340 g/mol. The van der Waals surface area contributed by atoms with Crippen molar-refractivity contribution < 1.29 is 9.59 Å². The highest BCUT2D eigenvalue weighted by Crippen LogP contribution is 2.41. The van der Waals surface area contributed by atoms with E-state index >= 15 is 0 Å². The number of nitrogens with zero attached hydrogens (tertiary/aromatic N) is 1. The number of amides is 2. The van der Waals surface area contributed by atoms with E-state index in [1.165, 1.54) is 36.8 Å². The van der Waals surface area contributed by atoms with Crippen LogP contribution in [0.25, 0.3) is 0 Å². The van der Waals surface area contributed by atoms with E-state index in [1.807, 2.05) is 4.90 Å². The molecule has 1 N–H and O–H groups in total. The Bertz CT molecular complexity index is 644. The lowest BCUT2D eigenvalue weighted by Crippen LogP contribution is -2.38. The number of benzene rings is 1. The first kappa shape index (κ1) is 16.6. The van der Waals surface area contributed by atoms with Crippen LogP contribution in [0.2, 0.25) is 0 Å². The van der Waals surface area contributed by atoms with Crippen molar-refractivity contribution in [2.75, 3.05) is 6.54 Å². The van der Waals surface area contributed by atoms with Gasteiger partial charge in [0.25, 0.3) is 0 Å². The van der Waals surface area contributed by atoms with Crippen LogP contribution in [-0.2, 0) is 9.59 Å². The summed E-state index contributed by atoms with van der Waals surface area (Å²) in [5, 5.41) is 3.27. The van der Waals surface area contributed by atoms with Gasteiger partial charge in [-0.2, -0.15) is 0 Å². The highest BCUT2D eigenvalue weighted by atomic mass is 16.2. The van der Waals surface area contributed by atoms with E-state index < -0.39 is 0 Å². The molecular weight excluding hydrogens is 312 g/mol. The Hall–Kier alpha value is -1.84. The summed E-state index contributed by atoms with van der Waals surface area (Å²) in [4.78, 5) is 27.2. The molecule has 4 rings (SSSR count). The maximum Gasteiger partial charge on any atom is 0.225 e. The van der Waals surface area contributed by atoms with Gasteiger partial charge in [-0.1, -0.05) is 42.7 Å². The van der Waals surface area contributed by atoms with Gasteiger partial charge in [-0.25, -0.2) is 0 Å². The number of likely N-dealkylation sites (tertiary alicyclic amines) is 1. The number of nitrogens with one attached hydrogen (secondary N) is 1. The molecule has 2 aliphatic carbocycles. The molecule has 2 saturated carbocycles. The van der Waals surface area contributed by atoms with E-state index in [4.69, 9.17) is 0 Å². The van der Waals surface area contributed by atoms with Crippen molar-refractivity contribution in [3.63, 3.8) is 0 Å². The highest BCUT2D eigenvalue weighted by Gasteiger charge is 2.40. The molecule has 1 heterocycles. The summed E-state index contributed by atoms with van der Waals surface area (Å²) in [6.07, 6.45) is 7.37. The number of carbonyl (C=O) groups excluding carboxylic acids is 2. The van der Waals surface area contributed by atoms with Crippen LogP contribution in [0.4, 0.5) is 0 Å². The van der Waals surface area contributed by atoms with Crippen LogP contribution in [0.3, 0.4) is 0 Å². The van der Waals surface area contributed by atoms with Crippen LogP contribution in [-0.4, -0.2) is 29.3 Å². The highest BCUT2D eigenvalue weighted by molar-refractivity contribution is 5.89. The molecule has 1 saturated heterocycles. The molecule has 1 aromatic carbocycles. The normalized spacial score (nSPS) is 25.4. The fourth-order valence-corrected chi connectivity index (χ4v) is 4.42. The molecule has 0 bridgehead atoms. The molecule has 0 spiro atoms. The molecule has 25 heavy (non-hydrogen) atoms. The topological polar surface area (TPSA) is 49.4 Å². The molecule has 2 amide bonds. The van der Waals surface area contributed by atoms with Crippen molar-refractivity contribution in [2.45, 2.75) is 64.0 Å². The smallest absolute Gasteiger partial charge is 0.225 e. The molecule has 0 unspecified atom stereocenters. The summed E-state index contributed by atoms with van der Waals surface area (Å²) < 4.78 is 0. The summed E-state index contributed by atoms with van der Waals surface area (Å²) in [5.41, 5.74) is 2.43. The molecular formula is C21H28N2O2. The van der Waals surface area contributed by atoms with E-state index in [1.54, 1.807) is 0 Å². The summed E-state index contributed by atoms with van der Waals surface area (Å²) in [7, 11) is 0. The Morgan fingerprint density at radius 1 is 1.12 bits per heavy atom. The average Bonchev–Trinajstić information content (AvgIpc) is 3.14. The third-order valence-corrected chi connectivity index (χ3v) is 6.12. The Labute approximate surface area is 150 Å². The predicted octanol–water partition coefficient (Wildman–Crippen LogP) is 3.35. The second-order valence-electron chi connectivity index (χ2n) is 8.12. The fourth-order valence-electron chi connectivity index (χ4n) is 4.42. The van der Waals surface area contributed by atoms with Crippen LogP contribution in [0, 0.1) is 18.8 Å². The molecule has 1 aliphatic heterocycles. The van der Waals surface area contributed by atoms with Crippen LogP contribution < -0.4 is 5.32 Å². The molecule has 3 fully saturated rings. The van der Waals surface area contributed by atoms with Gasteiger partial charge in [0.05, 0.1) is 12.0 Å². The van der Waals surface area contributed by atoms with E-state index in [0.717, 1.165) is 12.8 Å². The van der Waals surface area contributed by atoms with Gasteiger partial charge in [0.1, 0.15) is 0 Å². The third kappa shape index (κ3) is 3.58. The molecule has 2 atom stereocenters. The quantitative estimate of drug-likeness (QED) is 0.893. The molecule has 134 valence electrons. The number of carbonyl (C=O) groups is 2. The Morgan fingerprint density at radius 2 is 1.80 bits per heavy atom. The zero-order valence-corrected chi connectivity index (χ0v) is 15.0. The van der Waals surface area contributed by atoms with Crippen molar-refractivity contribution in [2.24, 2.45) is 11.8 Å². The lowest BCUT2D eigenvalue weighted by molar-refractivity contribution is -0.130. The van der Waals surface area contributed by atoms with E-state index in [9.17, 15) is 9.59 Å². The molecule has 0 aromatic heterocycles. The van der Waals surface area contributed by atoms with Crippen molar-refractivity contribution >= 4 is 11.8 Å². The van der Waals surface area contributed by atoms with Gasteiger partial charge in [0.15, 0.2) is 0 Å². The predicted molar refractivity (Wildman–Crippen MR) is 96.9 cm³/mol. The summed E-state index contributed by atoms with van der Waals surface area (Å²) in [6, 6.07) is 8.95. The average molecular weight is 340 g/mol. The summed E-state index contributed by atoms with van der Waals surface area (Å²) >= 11 is 0. The van der Waals surface area contributed by atoms with Gasteiger partial charge < -0.3 is 10.2 Å². The van der Waals surface area contributed by atoms with Gasteiger partial charge in [0, 0.05) is 19.0 Å². The Morgan fingerprint density at radius 3 is 2.44 bits per heavy atom. The number of rotatable bonds is 5. The Balaban J connectivity index is 1.41. The summed E-state index contributed by atoms with van der Waals surface area (Å²) in [6.45, 7) is 2.69. The largest absolute Gasteiger partial charge is 0.349 e. The van der Waals surface area contributed by atoms with Gasteiger partial charge in [-0.05, 0) is 44.1 Å². The van der Waals surface area contributed by atoms with Gasteiger partial charge in [-0.15, -0.1) is 0 Å². The lowest BCUT2D eigenvalue weighted by Gasteiger charge is -2.25. The zero-order chi connectivity index (χ0) is 17.4. The van der Waals surface area contributed by atoms with E-state index in [0.29, 0.717) is 24.9 Å². The Kier molecular flexibility index (Phi) is 4.53. The first-order valence-electron chi connectivity index (χ1n) is 9.78. The molecule has 4 heteroatoms. The number of aryl methyl sites for hydroxylation is 1. The van der Waals surface area contributed by atoms with Crippen molar-refractivity contribution in [3.05, 3.63) is 35.4 Å². The van der Waals surface area contributed by atoms with Crippen LogP contribution in [0.15, 0.2) is 24.3 Å². The SMILES string of the molecule is Cc1ccc([C@@H](NC(=O)[C@@H]2CC(=O)N(C3CCCC3)C2)C2CC2)cc1. The van der Waals surface area contributed by atoms with E-state index in [-0.39, 0.29) is 23.8 Å². The summed E-state index contributed by atoms with van der Waals surface area (Å²) in [5.74, 6) is 0.603. The van der Waals surface area contributed by atoms with Gasteiger partial charge >= 0.3 is 0 Å². The van der Waals surface area contributed by atoms with Gasteiger partial charge in [-0.3, -0.25) is 9.59 Å². The minimum absolute atomic E-state index is 0.0614. The third-order valence-electron chi connectivity index (χ3n) is 6.12. The van der Waals surface area contributed by atoms with Crippen molar-refractivity contribution in [3.8, 4) is 0 Å². The van der Waals surface area contributed by atoms with Crippen LogP contribution in [0.1, 0.15) is 62.1 Å². The standard InChI is InChI=1S/C21H28N2O2/c1-14-6-8-15(9-7-14)20(16-10-11-16)22-21(25)17-12-19(24)23(13-17)18-4-2-3-5-18/h6-9,16-18,20H,2-5,10-13H2,1H3,(H,22,25)/t17-,20-/m1/s1. The molecule has 4 nitrogen and oxygen atoms in total. The van der Waals surface area contributed by atoms with E-state index in [2.05, 4.69) is 36.5 Å². The molecule has 0 radical (unpaired) electrons. The second kappa shape index (κ2) is 6.81. The van der Waals surface area contributed by atoms with Crippen LogP contribution in [0.5, 0.6) is 0 Å². The minimum atomic E-state index is -0.181. The number of hydrogen-bond donors (Lipinski definition) is 1. The van der Waals surface area contributed by atoms with Crippen molar-refractivity contribution in [1.29, 1.82) is 0 Å². The minimum Gasteiger partial charge on any atom is -0.349 e. The second-order valence-corrected chi connectivity index (χ2v) is 8.12. The van der Waals surface area contributed by atoms with Crippen molar-refractivity contribution in [1.82, 2.24) is 10.2 Å². The first-order chi connectivity index (χ1) is 12.1. The lowest BCUT2D eigenvalue weighted by atomic mass is 9.99. The number of hydrogen-bond acceptors (Lipinski definition) is 2. The van der Waals surface area contributed by atoms with Crippen LogP contribution >= 0.6 is 0 Å².